The Kier molecular flexibility index (Phi) is 52.3. The van der Waals surface area contributed by atoms with Crippen LogP contribution in [0.4, 0.5) is 0 Å². The van der Waals surface area contributed by atoms with Gasteiger partial charge in [-0.15, -0.1) is 0 Å². The SMILES string of the molecule is CCCCCCCCCCCCCCCCCCCCCCCCCCCCCCCCCCCCCCCCCCC(=O)NC(COC1OC(CO)C(OC2OC(CO)C(OC3OC(CO)C(O)C(O)C3O)C(O)C2O)C(O)C1O)C(O)CCCCCCCCCC. The molecular formula is C74H143NO18. The van der Waals surface area contributed by atoms with Crippen molar-refractivity contribution in [1.29, 1.82) is 0 Å². The fourth-order valence-electron chi connectivity index (χ4n) is 13.7. The summed E-state index contributed by atoms with van der Waals surface area (Å²) < 4.78 is 34.3. The maximum Gasteiger partial charge on any atom is 0.220 e. The Balaban J connectivity index is 1.22. The third-order valence-corrected chi connectivity index (χ3v) is 19.9. The average molecular weight is 1330 g/mol. The highest BCUT2D eigenvalue weighted by atomic mass is 16.8. The third kappa shape index (κ3) is 37.7. The number of carbonyl (C=O) groups is 1. The van der Waals surface area contributed by atoms with Gasteiger partial charge in [0.05, 0.1) is 38.6 Å². The maximum absolute atomic E-state index is 13.4. The van der Waals surface area contributed by atoms with Gasteiger partial charge in [-0.3, -0.25) is 4.79 Å². The molecule has 0 saturated carbocycles. The molecule has 0 aliphatic carbocycles. The summed E-state index contributed by atoms with van der Waals surface area (Å²) in [5, 5.41) is 120. The monoisotopic (exact) mass is 1330 g/mol. The van der Waals surface area contributed by atoms with Gasteiger partial charge in [-0.05, 0) is 12.8 Å². The van der Waals surface area contributed by atoms with Crippen molar-refractivity contribution in [3.8, 4) is 0 Å². The second-order valence-electron chi connectivity index (χ2n) is 28.2. The zero-order chi connectivity index (χ0) is 67.5. The highest BCUT2D eigenvalue weighted by Crippen LogP contribution is 2.33. The van der Waals surface area contributed by atoms with E-state index in [1.807, 2.05) is 0 Å². The first-order valence-electron chi connectivity index (χ1n) is 38.8. The first-order valence-corrected chi connectivity index (χ1v) is 38.8. The minimum absolute atomic E-state index is 0.239. The number of hydrogen-bond acceptors (Lipinski definition) is 18. The molecule has 17 unspecified atom stereocenters. The molecule has 0 radical (unpaired) electrons. The van der Waals surface area contributed by atoms with Crippen LogP contribution in [0.1, 0.15) is 335 Å². The van der Waals surface area contributed by atoms with Gasteiger partial charge in [0, 0.05) is 6.42 Å². The minimum atomic E-state index is -1.97. The van der Waals surface area contributed by atoms with Crippen molar-refractivity contribution >= 4 is 5.91 Å². The van der Waals surface area contributed by atoms with Crippen LogP contribution in [0.2, 0.25) is 0 Å². The van der Waals surface area contributed by atoms with E-state index < -0.39 is 124 Å². The van der Waals surface area contributed by atoms with Crippen molar-refractivity contribution in [1.82, 2.24) is 5.32 Å². The largest absolute Gasteiger partial charge is 0.394 e. The van der Waals surface area contributed by atoms with E-state index in [1.54, 1.807) is 0 Å². The molecule has 3 rings (SSSR count). The minimum Gasteiger partial charge on any atom is -0.394 e. The molecule has 19 heteroatoms. The van der Waals surface area contributed by atoms with Gasteiger partial charge in [0.15, 0.2) is 18.9 Å². The summed E-state index contributed by atoms with van der Waals surface area (Å²) in [6.07, 6.45) is 37.2. The van der Waals surface area contributed by atoms with Gasteiger partial charge in [0.2, 0.25) is 5.91 Å². The molecule has 3 aliphatic heterocycles. The number of aliphatic hydroxyl groups is 11. The van der Waals surface area contributed by atoms with Crippen LogP contribution in [0.15, 0.2) is 0 Å². The fourth-order valence-corrected chi connectivity index (χ4v) is 13.7. The van der Waals surface area contributed by atoms with Gasteiger partial charge in [-0.1, -0.05) is 316 Å². The highest BCUT2D eigenvalue weighted by Gasteiger charge is 2.54. The van der Waals surface area contributed by atoms with Crippen LogP contribution in [0.3, 0.4) is 0 Å². The van der Waals surface area contributed by atoms with Crippen LogP contribution in [-0.2, 0) is 33.2 Å². The van der Waals surface area contributed by atoms with Gasteiger partial charge in [-0.2, -0.15) is 0 Å². The second-order valence-corrected chi connectivity index (χ2v) is 28.2. The lowest BCUT2D eigenvalue weighted by atomic mass is 9.96. The van der Waals surface area contributed by atoms with Crippen molar-refractivity contribution in [3.05, 3.63) is 0 Å². The van der Waals surface area contributed by atoms with E-state index in [1.165, 1.54) is 257 Å². The van der Waals surface area contributed by atoms with Gasteiger partial charge < -0.3 is 89.9 Å². The number of rotatable bonds is 62. The van der Waals surface area contributed by atoms with E-state index in [-0.39, 0.29) is 18.9 Å². The van der Waals surface area contributed by atoms with Crippen LogP contribution in [-0.4, -0.2) is 193 Å². The number of unbranched alkanes of at least 4 members (excludes halogenated alkanes) is 46. The number of ether oxygens (including phenoxy) is 6. The van der Waals surface area contributed by atoms with Gasteiger partial charge in [-0.25, -0.2) is 0 Å². The Morgan fingerprint density at radius 2 is 0.613 bits per heavy atom. The Bertz CT molecular complexity index is 1690. The summed E-state index contributed by atoms with van der Waals surface area (Å²) in [6.45, 7) is 1.79. The lowest BCUT2D eigenvalue weighted by molar-refractivity contribution is -0.379. The lowest BCUT2D eigenvalue weighted by Crippen LogP contribution is -2.66. The Morgan fingerprint density at radius 1 is 0.344 bits per heavy atom. The molecule has 17 atom stereocenters. The Hall–Kier alpha value is -1.21. The van der Waals surface area contributed by atoms with Crippen molar-refractivity contribution < 1.29 is 89.4 Å². The molecule has 0 aromatic rings. The molecule has 19 nitrogen and oxygen atoms in total. The molecule has 552 valence electrons. The maximum atomic E-state index is 13.4. The van der Waals surface area contributed by atoms with Crippen molar-refractivity contribution in [2.45, 2.75) is 439 Å². The summed E-state index contributed by atoms with van der Waals surface area (Å²) in [6, 6.07) is -0.880. The van der Waals surface area contributed by atoms with Gasteiger partial charge in [0.1, 0.15) is 73.2 Å². The third-order valence-electron chi connectivity index (χ3n) is 19.9. The van der Waals surface area contributed by atoms with Crippen LogP contribution in [0.25, 0.3) is 0 Å². The molecule has 0 bridgehead atoms. The summed E-state index contributed by atoms with van der Waals surface area (Å²) >= 11 is 0. The first kappa shape index (κ1) is 86.0. The molecule has 0 spiro atoms. The summed E-state index contributed by atoms with van der Waals surface area (Å²) in [7, 11) is 0. The zero-order valence-electron chi connectivity index (χ0n) is 58.8. The van der Waals surface area contributed by atoms with E-state index in [9.17, 15) is 61.0 Å². The van der Waals surface area contributed by atoms with Crippen LogP contribution >= 0.6 is 0 Å². The summed E-state index contributed by atoms with van der Waals surface area (Å²) in [5.41, 5.74) is 0. The van der Waals surface area contributed by atoms with Crippen LogP contribution < -0.4 is 5.32 Å². The van der Waals surface area contributed by atoms with Crippen molar-refractivity contribution in [3.63, 3.8) is 0 Å². The fraction of sp³-hybridized carbons (Fsp3) is 0.986. The molecule has 3 aliphatic rings. The number of aliphatic hydroxyl groups excluding tert-OH is 11. The number of carbonyl (C=O) groups excluding carboxylic acids is 1. The Morgan fingerprint density at radius 3 is 0.935 bits per heavy atom. The first-order chi connectivity index (χ1) is 45.3. The number of hydrogen-bond donors (Lipinski definition) is 12. The molecule has 3 heterocycles. The van der Waals surface area contributed by atoms with Crippen molar-refractivity contribution in [2.24, 2.45) is 0 Å². The summed E-state index contributed by atoms with van der Waals surface area (Å²) in [4.78, 5) is 13.4. The van der Waals surface area contributed by atoms with Crippen LogP contribution in [0.5, 0.6) is 0 Å². The van der Waals surface area contributed by atoms with Gasteiger partial charge in [0.25, 0.3) is 0 Å². The second kappa shape index (κ2) is 56.5. The lowest BCUT2D eigenvalue weighted by Gasteiger charge is -2.48. The molecular weight excluding hydrogens is 1190 g/mol. The molecule has 1 amide bonds. The topological polar surface area (TPSA) is 307 Å². The quantitative estimate of drug-likeness (QED) is 0.0252. The number of amides is 1. The highest BCUT2D eigenvalue weighted by molar-refractivity contribution is 5.76. The molecule has 0 aromatic heterocycles. The van der Waals surface area contributed by atoms with E-state index in [0.29, 0.717) is 12.8 Å². The van der Waals surface area contributed by atoms with Crippen LogP contribution in [0, 0.1) is 0 Å². The molecule has 3 saturated heterocycles. The standard InChI is InChI=1S/C74H143NO18/c1-3-5-7-9-11-13-14-15-16-17-18-19-20-21-22-23-24-25-26-27-28-29-30-31-32-33-34-35-36-37-38-39-40-41-42-43-44-46-48-50-52-62(80)75-57(58(79)51-49-47-45-12-10-8-6-4-2)56-88-72-68(86)65(83)70(60(54-77)90-72)93-74-69(87)66(84)71(61(55-78)91-74)92-73-67(85)64(82)63(81)59(53-76)89-73/h57-61,63-74,76-79,81-87H,3-56H2,1-2H3,(H,75,80). The van der Waals surface area contributed by atoms with Gasteiger partial charge >= 0.3 is 0 Å². The molecule has 3 fully saturated rings. The van der Waals surface area contributed by atoms with Crippen molar-refractivity contribution in [2.75, 3.05) is 26.4 Å². The smallest absolute Gasteiger partial charge is 0.220 e. The van der Waals surface area contributed by atoms with E-state index >= 15 is 0 Å². The number of nitrogens with one attached hydrogen (secondary N) is 1. The predicted molar refractivity (Wildman–Crippen MR) is 365 cm³/mol. The normalized spacial score (nSPS) is 27.4. The predicted octanol–water partition coefficient (Wildman–Crippen LogP) is 11.8. The molecule has 93 heavy (non-hydrogen) atoms. The Labute approximate surface area is 563 Å². The van der Waals surface area contributed by atoms with E-state index in [4.69, 9.17) is 28.4 Å². The molecule has 0 aromatic carbocycles. The average Bonchev–Trinajstić information content (AvgIpc) is 0.804. The molecule has 12 N–H and O–H groups in total. The van der Waals surface area contributed by atoms with E-state index in [0.717, 1.165) is 44.9 Å². The van der Waals surface area contributed by atoms with E-state index in [2.05, 4.69) is 19.2 Å². The zero-order valence-corrected chi connectivity index (χ0v) is 58.8. The summed E-state index contributed by atoms with van der Waals surface area (Å²) in [5.74, 6) is -0.239.